The van der Waals surface area contributed by atoms with Gasteiger partial charge in [-0.1, -0.05) is 86.2 Å². The van der Waals surface area contributed by atoms with Crippen LogP contribution in [0, 0.1) is 0 Å². The van der Waals surface area contributed by atoms with Gasteiger partial charge in [0.1, 0.15) is 0 Å². The largest absolute Gasteiger partial charge is 0.224 e. The normalized spacial score (nSPS) is 13.2. The molecule has 0 aliphatic carbocycles. The van der Waals surface area contributed by atoms with E-state index in [1.54, 1.807) is 24.3 Å². The van der Waals surface area contributed by atoms with Gasteiger partial charge < -0.3 is 0 Å². The van der Waals surface area contributed by atoms with E-state index in [-0.39, 0.29) is 5.75 Å². The predicted octanol–water partition coefficient (Wildman–Crippen LogP) is 5.79. The van der Waals surface area contributed by atoms with Crippen LogP contribution >= 0.6 is 22.6 Å². The Labute approximate surface area is 150 Å². The number of rotatable bonds is 12. The standard InChI is InChI=1S/C18H29IO2S/c1-2-3-4-5-7-12-17(19)13-10-11-16-22(20,21)18-14-8-6-9-15-18/h6,8-9,14-15,17H,2-5,7,10-13,16H2,1H3. The molecule has 0 N–H and O–H groups in total. The van der Waals surface area contributed by atoms with Crippen molar-refractivity contribution in [3.63, 3.8) is 0 Å². The molecule has 1 aromatic rings. The molecule has 0 aliphatic rings. The Hall–Kier alpha value is -0.1000. The predicted molar refractivity (Wildman–Crippen MR) is 104 cm³/mol. The van der Waals surface area contributed by atoms with Crippen molar-refractivity contribution in [3.05, 3.63) is 30.3 Å². The first kappa shape index (κ1) is 19.9. The molecule has 4 heteroatoms. The highest BCUT2D eigenvalue weighted by Gasteiger charge is 2.13. The zero-order valence-electron chi connectivity index (χ0n) is 13.6. The van der Waals surface area contributed by atoms with Gasteiger partial charge in [0.05, 0.1) is 10.6 Å². The zero-order valence-corrected chi connectivity index (χ0v) is 16.6. The summed E-state index contributed by atoms with van der Waals surface area (Å²) in [7, 11) is -3.09. The van der Waals surface area contributed by atoms with Gasteiger partial charge in [0.2, 0.25) is 0 Å². The Balaban J connectivity index is 2.14. The molecular weight excluding hydrogens is 407 g/mol. The Morgan fingerprint density at radius 3 is 2.14 bits per heavy atom. The number of alkyl halides is 1. The second-order valence-electron chi connectivity index (χ2n) is 5.93. The fourth-order valence-corrected chi connectivity index (χ4v) is 4.79. The smallest absolute Gasteiger partial charge is 0.178 e. The van der Waals surface area contributed by atoms with Crippen molar-refractivity contribution >= 4 is 32.4 Å². The number of unbranched alkanes of at least 4 members (excludes halogenated alkanes) is 5. The van der Waals surface area contributed by atoms with E-state index in [0.29, 0.717) is 8.82 Å². The van der Waals surface area contributed by atoms with Crippen molar-refractivity contribution < 1.29 is 8.42 Å². The highest BCUT2D eigenvalue weighted by molar-refractivity contribution is 14.1. The lowest BCUT2D eigenvalue weighted by Crippen LogP contribution is -2.07. The number of benzene rings is 1. The second kappa shape index (κ2) is 11.4. The van der Waals surface area contributed by atoms with Gasteiger partial charge in [-0.15, -0.1) is 0 Å². The van der Waals surface area contributed by atoms with Crippen LogP contribution in [0.5, 0.6) is 0 Å². The minimum absolute atomic E-state index is 0.275. The summed E-state index contributed by atoms with van der Waals surface area (Å²) in [6.07, 6.45) is 10.9. The third-order valence-corrected chi connectivity index (χ3v) is 6.97. The van der Waals surface area contributed by atoms with Crippen molar-refractivity contribution in [2.45, 2.75) is 73.5 Å². The third kappa shape index (κ3) is 8.51. The minimum atomic E-state index is -3.09. The van der Waals surface area contributed by atoms with Gasteiger partial charge in [-0.3, -0.25) is 0 Å². The van der Waals surface area contributed by atoms with E-state index in [1.807, 2.05) is 6.07 Å². The molecule has 22 heavy (non-hydrogen) atoms. The van der Waals surface area contributed by atoms with Gasteiger partial charge in [-0.25, -0.2) is 8.42 Å². The van der Waals surface area contributed by atoms with Gasteiger partial charge in [0.25, 0.3) is 0 Å². The first-order chi connectivity index (χ1) is 10.6. The minimum Gasteiger partial charge on any atom is -0.224 e. The molecule has 0 amide bonds. The second-order valence-corrected chi connectivity index (χ2v) is 9.80. The van der Waals surface area contributed by atoms with Crippen LogP contribution in [-0.2, 0) is 9.84 Å². The van der Waals surface area contributed by atoms with Crippen LogP contribution in [0.2, 0.25) is 0 Å². The highest BCUT2D eigenvalue weighted by atomic mass is 127. The average molecular weight is 436 g/mol. The highest BCUT2D eigenvalue weighted by Crippen LogP contribution is 2.20. The third-order valence-electron chi connectivity index (χ3n) is 3.90. The first-order valence-electron chi connectivity index (χ1n) is 8.48. The van der Waals surface area contributed by atoms with E-state index in [9.17, 15) is 8.42 Å². The molecule has 0 spiro atoms. The van der Waals surface area contributed by atoms with Gasteiger partial charge in [0, 0.05) is 3.92 Å². The van der Waals surface area contributed by atoms with Gasteiger partial charge >= 0.3 is 0 Å². The lowest BCUT2D eigenvalue weighted by atomic mass is 10.1. The van der Waals surface area contributed by atoms with E-state index in [1.165, 1.54) is 38.5 Å². The molecule has 0 heterocycles. The maximum Gasteiger partial charge on any atom is 0.178 e. The van der Waals surface area contributed by atoms with Crippen molar-refractivity contribution in [2.24, 2.45) is 0 Å². The van der Waals surface area contributed by atoms with Crippen LogP contribution in [-0.4, -0.2) is 18.1 Å². The maximum atomic E-state index is 12.1. The SMILES string of the molecule is CCCCCCCC(I)CCCCS(=O)(=O)c1ccccc1. The maximum absolute atomic E-state index is 12.1. The number of halogens is 1. The summed E-state index contributed by atoms with van der Waals surface area (Å²) >= 11 is 2.53. The van der Waals surface area contributed by atoms with Crippen LogP contribution < -0.4 is 0 Å². The summed E-state index contributed by atoms with van der Waals surface area (Å²) in [5.41, 5.74) is 0. The number of hydrogen-bond acceptors (Lipinski definition) is 2. The van der Waals surface area contributed by atoms with Gasteiger partial charge in [0.15, 0.2) is 9.84 Å². The fraction of sp³-hybridized carbons (Fsp3) is 0.667. The lowest BCUT2D eigenvalue weighted by molar-refractivity contribution is 0.573. The molecule has 1 atom stereocenters. The van der Waals surface area contributed by atoms with E-state index < -0.39 is 9.84 Å². The fourth-order valence-electron chi connectivity index (χ4n) is 2.52. The van der Waals surface area contributed by atoms with E-state index in [2.05, 4.69) is 29.5 Å². The zero-order chi connectivity index (χ0) is 16.3. The summed E-state index contributed by atoms with van der Waals surface area (Å²) in [4.78, 5) is 0.456. The molecule has 126 valence electrons. The number of sulfone groups is 1. The molecule has 0 saturated heterocycles. The van der Waals surface area contributed by atoms with Crippen molar-refractivity contribution in [2.75, 3.05) is 5.75 Å². The molecule has 0 bridgehead atoms. The monoisotopic (exact) mass is 436 g/mol. The number of hydrogen-bond donors (Lipinski definition) is 0. The summed E-state index contributed by atoms with van der Waals surface area (Å²) in [5.74, 6) is 0.275. The Bertz CT molecular complexity index is 485. The molecule has 0 saturated carbocycles. The molecule has 1 aromatic carbocycles. The summed E-state index contributed by atoms with van der Waals surface area (Å²) < 4.78 is 25.0. The van der Waals surface area contributed by atoms with E-state index in [4.69, 9.17) is 0 Å². The molecule has 2 nitrogen and oxygen atoms in total. The van der Waals surface area contributed by atoms with Crippen LogP contribution in [0.25, 0.3) is 0 Å². The molecule has 1 rings (SSSR count). The Kier molecular flexibility index (Phi) is 10.4. The quantitative estimate of drug-likeness (QED) is 0.236. The van der Waals surface area contributed by atoms with Crippen LogP contribution in [0.1, 0.15) is 64.7 Å². The first-order valence-corrected chi connectivity index (χ1v) is 11.4. The molecule has 0 fully saturated rings. The van der Waals surface area contributed by atoms with Crippen molar-refractivity contribution in [1.29, 1.82) is 0 Å². The van der Waals surface area contributed by atoms with Crippen molar-refractivity contribution in [1.82, 2.24) is 0 Å². The Morgan fingerprint density at radius 1 is 0.909 bits per heavy atom. The van der Waals surface area contributed by atoms with Crippen LogP contribution in [0.4, 0.5) is 0 Å². The van der Waals surface area contributed by atoms with Gasteiger partial charge in [-0.2, -0.15) is 0 Å². The lowest BCUT2D eigenvalue weighted by Gasteiger charge is -2.10. The van der Waals surface area contributed by atoms with Crippen molar-refractivity contribution in [3.8, 4) is 0 Å². The van der Waals surface area contributed by atoms with Gasteiger partial charge in [-0.05, 0) is 31.4 Å². The van der Waals surface area contributed by atoms with E-state index in [0.717, 1.165) is 19.3 Å². The topological polar surface area (TPSA) is 34.1 Å². The van der Waals surface area contributed by atoms with E-state index >= 15 is 0 Å². The average Bonchev–Trinajstić information content (AvgIpc) is 2.52. The van der Waals surface area contributed by atoms with Crippen LogP contribution in [0.3, 0.4) is 0 Å². The van der Waals surface area contributed by atoms with Crippen LogP contribution in [0.15, 0.2) is 35.2 Å². The molecule has 0 aliphatic heterocycles. The summed E-state index contributed by atoms with van der Waals surface area (Å²) in [5, 5.41) is 0. The summed E-state index contributed by atoms with van der Waals surface area (Å²) in [6.45, 7) is 2.24. The summed E-state index contributed by atoms with van der Waals surface area (Å²) in [6, 6.07) is 8.79. The molecule has 0 radical (unpaired) electrons. The molecule has 1 unspecified atom stereocenters. The molecular formula is C18H29IO2S. The Morgan fingerprint density at radius 2 is 1.50 bits per heavy atom. The molecule has 0 aromatic heterocycles.